The van der Waals surface area contributed by atoms with E-state index < -0.39 is 44.3 Å². The van der Waals surface area contributed by atoms with Crippen molar-refractivity contribution in [2.45, 2.75) is 44.8 Å². The highest BCUT2D eigenvalue weighted by atomic mass is 32.2. The van der Waals surface area contributed by atoms with Crippen molar-refractivity contribution in [3.63, 3.8) is 0 Å². The molecule has 0 spiro atoms. The lowest BCUT2D eigenvalue weighted by molar-refractivity contribution is 0.0556. The molecule has 3 aromatic heterocycles. The molecule has 9 nitrogen and oxygen atoms in total. The van der Waals surface area contributed by atoms with E-state index in [1.807, 2.05) is 6.92 Å². The summed E-state index contributed by atoms with van der Waals surface area (Å²) in [5.74, 6) is -2.34. The molecular weight excluding hydrogens is 502 g/mol. The molecule has 0 amide bonds. The Kier molecular flexibility index (Phi) is 7.69. The summed E-state index contributed by atoms with van der Waals surface area (Å²) in [6.45, 7) is 7.06. The zero-order valence-electron chi connectivity index (χ0n) is 20.8. The maximum atomic E-state index is 14.9. The molecule has 0 radical (unpaired) electrons. The van der Waals surface area contributed by atoms with Crippen LogP contribution in [-0.2, 0) is 20.3 Å². The Hall–Kier alpha value is -3.64. The number of benzene rings is 1. The highest BCUT2D eigenvalue weighted by Gasteiger charge is 2.35. The predicted molar refractivity (Wildman–Crippen MR) is 132 cm³/mol. The quantitative estimate of drug-likeness (QED) is 0.319. The summed E-state index contributed by atoms with van der Waals surface area (Å²) in [5.41, 5.74) is 1.53. The fraction of sp³-hybridized carbons (Fsp3) is 0.320. The normalized spacial score (nSPS) is 13.5. The Morgan fingerprint density at radius 3 is 2.30 bits per heavy atom. The summed E-state index contributed by atoms with van der Waals surface area (Å²) in [5, 5.41) is 7.03. The first-order valence-electron chi connectivity index (χ1n) is 11.5. The third-order valence-corrected chi connectivity index (χ3v) is 7.79. The average Bonchev–Trinajstić information content (AvgIpc) is 3.25. The number of aryl methyl sites for hydroxylation is 2. The maximum absolute atomic E-state index is 14.9. The molecule has 0 aliphatic heterocycles. The Balaban J connectivity index is 1.80. The van der Waals surface area contributed by atoms with Crippen molar-refractivity contribution in [2.75, 3.05) is 6.61 Å². The van der Waals surface area contributed by atoms with Gasteiger partial charge in [-0.25, -0.2) is 27.2 Å². The number of sulfone groups is 1. The van der Waals surface area contributed by atoms with Gasteiger partial charge in [0, 0.05) is 37.0 Å². The van der Waals surface area contributed by atoms with Crippen LogP contribution < -0.4 is 0 Å². The second-order valence-electron chi connectivity index (χ2n) is 8.60. The Bertz CT molecular complexity index is 1490. The summed E-state index contributed by atoms with van der Waals surface area (Å²) >= 11 is 0. The van der Waals surface area contributed by atoms with Crippen molar-refractivity contribution in [3.8, 4) is 17.1 Å². The summed E-state index contributed by atoms with van der Waals surface area (Å²) in [4.78, 5) is 12.6. The number of hydrogen-bond donors (Lipinski definition) is 0. The van der Waals surface area contributed by atoms with Crippen LogP contribution in [0, 0.1) is 25.5 Å². The van der Waals surface area contributed by atoms with E-state index in [-0.39, 0.29) is 24.1 Å². The minimum Gasteiger partial charge on any atom is -0.369 e. The zero-order chi connectivity index (χ0) is 26.7. The maximum Gasteiger partial charge on any atom is 0.170 e. The third kappa shape index (κ3) is 5.54. The van der Waals surface area contributed by atoms with Gasteiger partial charge < -0.3 is 4.74 Å². The molecule has 12 heteroatoms. The van der Waals surface area contributed by atoms with E-state index in [4.69, 9.17) is 4.74 Å². The number of para-hydroxylation sites is 1. The van der Waals surface area contributed by atoms with Crippen LogP contribution in [0.5, 0.6) is 0 Å². The number of pyridine rings is 1. The molecular formula is C25H26F2N6O3S. The number of halogens is 2. The van der Waals surface area contributed by atoms with Crippen LogP contribution in [0.3, 0.4) is 0 Å². The lowest BCUT2D eigenvalue weighted by atomic mass is 10.2. The van der Waals surface area contributed by atoms with Gasteiger partial charge in [-0.15, -0.1) is 10.2 Å². The largest absolute Gasteiger partial charge is 0.369 e. The Morgan fingerprint density at radius 2 is 1.68 bits per heavy atom. The van der Waals surface area contributed by atoms with Crippen LogP contribution in [-0.4, -0.2) is 50.0 Å². The summed E-state index contributed by atoms with van der Waals surface area (Å²) in [6, 6.07) is 5.10. The van der Waals surface area contributed by atoms with Crippen molar-refractivity contribution < 1.29 is 21.9 Å². The van der Waals surface area contributed by atoms with Gasteiger partial charge in [-0.05, 0) is 57.0 Å². The molecule has 0 unspecified atom stereocenters. The van der Waals surface area contributed by atoms with Crippen LogP contribution in [0.1, 0.15) is 42.7 Å². The molecule has 3 heterocycles. The van der Waals surface area contributed by atoms with Gasteiger partial charge in [-0.3, -0.25) is 9.55 Å². The summed E-state index contributed by atoms with van der Waals surface area (Å²) in [7, 11) is -4.02. The molecule has 2 atom stereocenters. The predicted octanol–water partition coefficient (Wildman–Crippen LogP) is 4.10. The van der Waals surface area contributed by atoms with Crippen molar-refractivity contribution in [2.24, 2.45) is 0 Å². The second-order valence-corrected chi connectivity index (χ2v) is 11.0. The lowest BCUT2D eigenvalue weighted by Gasteiger charge is -2.23. The molecule has 1 aromatic carbocycles. The number of ether oxygens (including phenoxy) is 1. The van der Waals surface area contributed by atoms with Crippen LogP contribution in [0.15, 0.2) is 49.1 Å². The van der Waals surface area contributed by atoms with E-state index in [1.165, 1.54) is 19.2 Å². The van der Waals surface area contributed by atoms with E-state index >= 15 is 0 Å². The molecule has 0 aliphatic carbocycles. The number of rotatable bonds is 9. The monoisotopic (exact) mass is 528 g/mol. The molecule has 0 saturated heterocycles. The number of nitrogens with zero attached hydrogens (tertiary/aromatic N) is 6. The van der Waals surface area contributed by atoms with Crippen molar-refractivity contribution in [1.82, 2.24) is 29.7 Å². The van der Waals surface area contributed by atoms with Gasteiger partial charge in [0.05, 0.1) is 5.25 Å². The first kappa shape index (κ1) is 26.4. The van der Waals surface area contributed by atoms with Gasteiger partial charge in [0.25, 0.3) is 0 Å². The van der Waals surface area contributed by atoms with Crippen molar-refractivity contribution in [1.29, 1.82) is 0 Å². The van der Waals surface area contributed by atoms with Gasteiger partial charge >= 0.3 is 0 Å². The molecule has 0 fully saturated rings. The molecule has 0 bridgehead atoms. The fourth-order valence-corrected chi connectivity index (χ4v) is 5.25. The SMILES string of the molecule is CCO[C@@H](c1ncc(C)cn1)[C@@H](C)S(=O)(=O)Cc1nnc(-c2cncc(C)c2)n1-c1c(F)cccc1F. The van der Waals surface area contributed by atoms with Crippen LogP contribution in [0.25, 0.3) is 17.1 Å². The second kappa shape index (κ2) is 10.8. The molecule has 4 aromatic rings. The first-order chi connectivity index (χ1) is 17.6. The molecule has 194 valence electrons. The highest BCUT2D eigenvalue weighted by molar-refractivity contribution is 7.91. The minimum atomic E-state index is -4.02. The highest BCUT2D eigenvalue weighted by Crippen LogP contribution is 2.30. The van der Waals surface area contributed by atoms with Crippen molar-refractivity contribution in [3.05, 3.63) is 83.5 Å². The van der Waals surface area contributed by atoms with Gasteiger partial charge in [0.15, 0.2) is 27.3 Å². The number of hydrogen-bond acceptors (Lipinski definition) is 8. The summed E-state index contributed by atoms with van der Waals surface area (Å²) < 4.78 is 63.8. The number of aromatic nitrogens is 6. The van der Waals surface area contributed by atoms with Gasteiger partial charge in [0.1, 0.15) is 29.2 Å². The van der Waals surface area contributed by atoms with Crippen molar-refractivity contribution >= 4 is 9.84 Å². The van der Waals surface area contributed by atoms with E-state index in [2.05, 4.69) is 25.1 Å². The topological polar surface area (TPSA) is 113 Å². The smallest absolute Gasteiger partial charge is 0.170 e. The lowest BCUT2D eigenvalue weighted by Crippen LogP contribution is -2.30. The molecule has 0 N–H and O–H groups in total. The first-order valence-corrected chi connectivity index (χ1v) is 13.3. The standard InChI is InChI=1S/C25H26F2N6O3S/c1-5-36-23(24-29-11-16(3)12-30-24)17(4)37(34,35)14-21-31-32-25(18-9-15(2)10-28-13-18)33(21)22-19(26)7-6-8-20(22)27/h6-13,17,23H,5,14H2,1-4H3/t17-,23-/m1/s1. The van der Waals surface area contributed by atoms with Crippen LogP contribution in [0.2, 0.25) is 0 Å². The van der Waals surface area contributed by atoms with Gasteiger partial charge in [0.2, 0.25) is 0 Å². The van der Waals surface area contributed by atoms with E-state index in [0.717, 1.165) is 27.8 Å². The van der Waals surface area contributed by atoms with E-state index in [1.54, 1.807) is 38.5 Å². The molecule has 0 saturated carbocycles. The van der Waals surface area contributed by atoms with E-state index in [0.29, 0.717) is 5.56 Å². The third-order valence-electron chi connectivity index (χ3n) is 5.75. The van der Waals surface area contributed by atoms with Crippen LogP contribution >= 0.6 is 0 Å². The average molecular weight is 529 g/mol. The van der Waals surface area contributed by atoms with E-state index in [9.17, 15) is 17.2 Å². The zero-order valence-corrected chi connectivity index (χ0v) is 21.6. The van der Waals surface area contributed by atoms with Gasteiger partial charge in [-0.1, -0.05) is 6.07 Å². The summed E-state index contributed by atoms with van der Waals surface area (Å²) in [6.07, 6.45) is 5.27. The molecule has 4 rings (SSSR count). The fourth-order valence-electron chi connectivity index (χ4n) is 3.86. The van der Waals surface area contributed by atoms with Crippen LogP contribution in [0.4, 0.5) is 8.78 Å². The van der Waals surface area contributed by atoms with Gasteiger partial charge in [-0.2, -0.15) is 0 Å². The molecule has 37 heavy (non-hydrogen) atoms. The Morgan fingerprint density at radius 1 is 1.00 bits per heavy atom. The Labute approximate surface area is 213 Å². The molecule has 0 aliphatic rings. The minimum absolute atomic E-state index is 0.0567.